The van der Waals surface area contributed by atoms with Gasteiger partial charge in [-0.05, 0) is 37.6 Å². The molecule has 3 N–H and O–H groups in total. The highest BCUT2D eigenvalue weighted by Gasteiger charge is 2.26. The summed E-state index contributed by atoms with van der Waals surface area (Å²) in [6.45, 7) is 3.36. The molecule has 26 heavy (non-hydrogen) atoms. The van der Waals surface area contributed by atoms with Crippen molar-refractivity contribution in [1.29, 1.82) is 0 Å². The number of piperidine rings is 1. The Morgan fingerprint density at radius 3 is 3.08 bits per heavy atom. The van der Waals surface area contributed by atoms with Gasteiger partial charge in [-0.15, -0.1) is 12.4 Å². The maximum Gasteiger partial charge on any atom is 0.226 e. The second-order valence-corrected chi connectivity index (χ2v) is 6.74. The minimum atomic E-state index is 0. The maximum atomic E-state index is 12.1. The Kier molecular flexibility index (Phi) is 7.90. The van der Waals surface area contributed by atoms with E-state index in [9.17, 15) is 4.79 Å². The molecule has 2 aromatic rings. The molecular formula is C18H24Cl2N4O2. The fourth-order valence-corrected chi connectivity index (χ4v) is 3.31. The molecule has 1 aromatic carbocycles. The number of carbonyl (C=O) groups is 1. The third-order valence-electron chi connectivity index (χ3n) is 4.33. The summed E-state index contributed by atoms with van der Waals surface area (Å²) in [7, 11) is 0. The van der Waals surface area contributed by atoms with Gasteiger partial charge >= 0.3 is 0 Å². The lowest BCUT2D eigenvalue weighted by molar-refractivity contribution is -0.126. The number of benzene rings is 1. The van der Waals surface area contributed by atoms with Crippen molar-refractivity contribution in [3.63, 3.8) is 0 Å². The predicted octanol–water partition coefficient (Wildman–Crippen LogP) is 2.70. The number of nitrogens with two attached hydrogens (primary N) is 1. The SMILES string of the molecule is Cl.NCCNC(=O)C1CCCN(Cc2coc(-c3cccc(Cl)c3)n2)C1. The zero-order valence-electron chi connectivity index (χ0n) is 14.5. The van der Waals surface area contributed by atoms with Crippen molar-refractivity contribution in [2.24, 2.45) is 11.7 Å². The van der Waals surface area contributed by atoms with Crippen LogP contribution in [0.2, 0.25) is 5.02 Å². The van der Waals surface area contributed by atoms with Gasteiger partial charge in [0.2, 0.25) is 11.8 Å². The summed E-state index contributed by atoms with van der Waals surface area (Å²) in [5.74, 6) is 0.668. The zero-order valence-corrected chi connectivity index (χ0v) is 16.1. The van der Waals surface area contributed by atoms with Gasteiger partial charge in [0, 0.05) is 36.8 Å². The van der Waals surface area contributed by atoms with Crippen LogP contribution in [0, 0.1) is 5.92 Å². The lowest BCUT2D eigenvalue weighted by atomic mass is 9.97. The molecule has 1 saturated heterocycles. The molecule has 0 spiro atoms. The first-order valence-electron chi connectivity index (χ1n) is 8.56. The molecule has 2 heterocycles. The Morgan fingerprint density at radius 2 is 2.31 bits per heavy atom. The fourth-order valence-electron chi connectivity index (χ4n) is 3.12. The van der Waals surface area contributed by atoms with E-state index in [0.717, 1.165) is 37.2 Å². The van der Waals surface area contributed by atoms with Crippen LogP contribution in [0.4, 0.5) is 0 Å². The van der Waals surface area contributed by atoms with E-state index in [4.69, 9.17) is 21.8 Å². The third kappa shape index (κ3) is 5.45. The predicted molar refractivity (Wildman–Crippen MR) is 104 cm³/mol. The van der Waals surface area contributed by atoms with Crippen LogP contribution >= 0.6 is 24.0 Å². The molecule has 1 aromatic heterocycles. The molecule has 1 fully saturated rings. The molecule has 3 rings (SSSR count). The van der Waals surface area contributed by atoms with Crippen LogP contribution in [0.25, 0.3) is 11.5 Å². The van der Waals surface area contributed by atoms with Gasteiger partial charge in [-0.25, -0.2) is 4.98 Å². The third-order valence-corrected chi connectivity index (χ3v) is 4.56. The normalized spacial score (nSPS) is 17.5. The average Bonchev–Trinajstić information content (AvgIpc) is 3.08. The van der Waals surface area contributed by atoms with Crippen molar-refractivity contribution >= 4 is 29.9 Å². The monoisotopic (exact) mass is 398 g/mol. The highest BCUT2D eigenvalue weighted by Crippen LogP contribution is 2.23. The standard InChI is InChI=1S/C18H23ClN4O2.ClH/c19-15-5-1-3-13(9-15)18-22-16(12-25-18)11-23-8-2-4-14(10-23)17(24)21-7-6-20;/h1,3,5,9,12,14H,2,4,6-8,10-11,20H2,(H,21,24);1H. The summed E-state index contributed by atoms with van der Waals surface area (Å²) in [5.41, 5.74) is 7.16. The first-order chi connectivity index (χ1) is 12.2. The van der Waals surface area contributed by atoms with Crippen LogP contribution in [0.15, 0.2) is 34.9 Å². The second-order valence-electron chi connectivity index (χ2n) is 6.31. The molecule has 142 valence electrons. The maximum absolute atomic E-state index is 12.1. The van der Waals surface area contributed by atoms with E-state index in [2.05, 4.69) is 15.2 Å². The largest absolute Gasteiger partial charge is 0.444 e. The molecule has 1 atom stereocenters. The molecule has 6 nitrogen and oxygen atoms in total. The number of nitrogens with one attached hydrogen (secondary N) is 1. The number of hydrogen-bond donors (Lipinski definition) is 2. The molecule has 1 amide bonds. The van der Waals surface area contributed by atoms with E-state index in [0.29, 0.717) is 30.5 Å². The van der Waals surface area contributed by atoms with Gasteiger partial charge in [0.1, 0.15) is 6.26 Å². The zero-order chi connectivity index (χ0) is 17.6. The van der Waals surface area contributed by atoms with Crippen molar-refractivity contribution in [2.45, 2.75) is 19.4 Å². The molecule has 1 aliphatic heterocycles. The van der Waals surface area contributed by atoms with Crippen LogP contribution in [-0.4, -0.2) is 42.0 Å². The van der Waals surface area contributed by atoms with E-state index < -0.39 is 0 Å². The highest BCUT2D eigenvalue weighted by atomic mass is 35.5. The number of aromatic nitrogens is 1. The minimum Gasteiger partial charge on any atom is -0.444 e. The van der Waals surface area contributed by atoms with Crippen molar-refractivity contribution in [1.82, 2.24) is 15.2 Å². The second kappa shape index (κ2) is 9.92. The molecule has 8 heteroatoms. The van der Waals surface area contributed by atoms with Crippen molar-refractivity contribution in [3.8, 4) is 11.5 Å². The highest BCUT2D eigenvalue weighted by molar-refractivity contribution is 6.30. The van der Waals surface area contributed by atoms with Gasteiger partial charge < -0.3 is 15.5 Å². The minimum absolute atomic E-state index is 0. The Hall–Kier alpha value is -1.60. The number of nitrogens with zero attached hydrogens (tertiary/aromatic N) is 2. The van der Waals surface area contributed by atoms with E-state index >= 15 is 0 Å². The first-order valence-corrected chi connectivity index (χ1v) is 8.94. The lowest BCUT2D eigenvalue weighted by Crippen LogP contribution is -2.43. The van der Waals surface area contributed by atoms with Crippen LogP contribution in [0.5, 0.6) is 0 Å². The van der Waals surface area contributed by atoms with Gasteiger partial charge in [0.25, 0.3) is 0 Å². The lowest BCUT2D eigenvalue weighted by Gasteiger charge is -2.31. The Morgan fingerprint density at radius 1 is 1.46 bits per heavy atom. The summed E-state index contributed by atoms with van der Waals surface area (Å²) in [6, 6.07) is 7.44. The van der Waals surface area contributed by atoms with Gasteiger partial charge in [-0.2, -0.15) is 0 Å². The van der Waals surface area contributed by atoms with Crippen LogP contribution in [0.3, 0.4) is 0 Å². The molecule has 0 radical (unpaired) electrons. The van der Waals surface area contributed by atoms with Crippen LogP contribution in [0.1, 0.15) is 18.5 Å². The number of hydrogen-bond acceptors (Lipinski definition) is 5. The average molecular weight is 399 g/mol. The Labute approximate surface area is 164 Å². The van der Waals surface area contributed by atoms with Crippen LogP contribution in [-0.2, 0) is 11.3 Å². The van der Waals surface area contributed by atoms with Crippen molar-refractivity contribution in [3.05, 3.63) is 41.2 Å². The van der Waals surface area contributed by atoms with Crippen molar-refractivity contribution in [2.75, 3.05) is 26.2 Å². The summed E-state index contributed by atoms with van der Waals surface area (Å²) in [4.78, 5) is 18.9. The fraction of sp³-hybridized carbons (Fsp3) is 0.444. The van der Waals surface area contributed by atoms with Gasteiger partial charge in [-0.3, -0.25) is 9.69 Å². The van der Waals surface area contributed by atoms with Gasteiger partial charge in [0.15, 0.2) is 0 Å². The van der Waals surface area contributed by atoms with E-state index in [1.807, 2.05) is 24.3 Å². The summed E-state index contributed by atoms with van der Waals surface area (Å²) in [6.07, 6.45) is 3.59. The Balaban J connectivity index is 0.00000243. The topological polar surface area (TPSA) is 84.4 Å². The quantitative estimate of drug-likeness (QED) is 0.781. The summed E-state index contributed by atoms with van der Waals surface area (Å²) < 4.78 is 5.59. The molecule has 0 saturated carbocycles. The summed E-state index contributed by atoms with van der Waals surface area (Å²) >= 11 is 6.02. The molecular weight excluding hydrogens is 375 g/mol. The number of carbonyl (C=O) groups excluding carboxylic acids is 1. The molecule has 0 bridgehead atoms. The van der Waals surface area contributed by atoms with Crippen molar-refractivity contribution < 1.29 is 9.21 Å². The number of amides is 1. The smallest absolute Gasteiger partial charge is 0.226 e. The Bertz CT molecular complexity index is 723. The molecule has 0 aliphatic carbocycles. The van der Waals surface area contributed by atoms with Gasteiger partial charge in [0.05, 0.1) is 11.6 Å². The number of halogens is 2. The van der Waals surface area contributed by atoms with Crippen LogP contribution < -0.4 is 11.1 Å². The van der Waals surface area contributed by atoms with Gasteiger partial charge in [-0.1, -0.05) is 17.7 Å². The van der Waals surface area contributed by atoms with E-state index in [1.54, 1.807) is 6.26 Å². The number of oxazole rings is 1. The molecule has 1 aliphatic rings. The number of likely N-dealkylation sites (tertiary alicyclic amines) is 1. The van der Waals surface area contributed by atoms with E-state index in [-0.39, 0.29) is 24.2 Å². The summed E-state index contributed by atoms with van der Waals surface area (Å²) in [5, 5.41) is 3.53. The first kappa shape index (κ1) is 20.7. The molecule has 1 unspecified atom stereocenters. The number of rotatable bonds is 6. The van der Waals surface area contributed by atoms with E-state index in [1.165, 1.54) is 0 Å².